The van der Waals surface area contributed by atoms with E-state index in [0.717, 1.165) is 18.5 Å². The molecule has 4 heteroatoms. The molecule has 1 atom stereocenters. The molecule has 1 aliphatic rings. The maximum Gasteiger partial charge on any atom is 0.255 e. The summed E-state index contributed by atoms with van der Waals surface area (Å²) in [6.45, 7) is 3.61. The van der Waals surface area contributed by atoms with Gasteiger partial charge in [0.05, 0.1) is 5.56 Å². The van der Waals surface area contributed by atoms with Gasteiger partial charge in [0.15, 0.2) is 0 Å². The molecule has 1 heterocycles. The van der Waals surface area contributed by atoms with Gasteiger partial charge in [0.2, 0.25) is 0 Å². The smallest absolute Gasteiger partial charge is 0.255 e. The van der Waals surface area contributed by atoms with Gasteiger partial charge < -0.3 is 15.7 Å². The minimum absolute atomic E-state index is 0.0477. The van der Waals surface area contributed by atoms with Crippen molar-refractivity contribution in [1.29, 1.82) is 0 Å². The largest absolute Gasteiger partial charge is 0.507 e. The quantitative estimate of drug-likeness (QED) is 0.758. The van der Waals surface area contributed by atoms with Gasteiger partial charge in [-0.2, -0.15) is 0 Å². The number of phenolic OH excluding ortho intramolecular Hbond substituents is 1. The molecule has 4 nitrogen and oxygen atoms in total. The Morgan fingerprint density at radius 1 is 1.56 bits per heavy atom. The van der Waals surface area contributed by atoms with Crippen LogP contribution in [-0.4, -0.2) is 30.1 Å². The topological polar surface area (TPSA) is 61.4 Å². The fourth-order valence-corrected chi connectivity index (χ4v) is 2.29. The maximum absolute atomic E-state index is 11.9. The molecular formula is C14H20N2O2. The Balaban J connectivity index is 1.83. The van der Waals surface area contributed by atoms with Crippen LogP contribution in [0, 0.1) is 6.92 Å². The standard InChI is InChI=1S/C14H20N2O2/c1-10-4-5-12(13(17)9-10)14(18)16-8-6-11-3-2-7-15-11/h4-5,9,11,15,17H,2-3,6-8H2,1H3,(H,16,18)/t11-/m0/s1. The zero-order chi connectivity index (χ0) is 13.0. The number of carbonyl (C=O) groups is 1. The minimum Gasteiger partial charge on any atom is -0.507 e. The van der Waals surface area contributed by atoms with E-state index in [1.165, 1.54) is 12.8 Å². The molecule has 0 aliphatic carbocycles. The second kappa shape index (κ2) is 5.87. The SMILES string of the molecule is Cc1ccc(C(=O)NCC[C@@H]2CCCN2)c(O)c1. The first-order valence-electron chi connectivity index (χ1n) is 6.48. The molecule has 1 aromatic carbocycles. The highest BCUT2D eigenvalue weighted by Gasteiger charge is 2.15. The zero-order valence-electron chi connectivity index (χ0n) is 10.7. The molecule has 1 amide bonds. The average molecular weight is 248 g/mol. The van der Waals surface area contributed by atoms with E-state index in [2.05, 4.69) is 10.6 Å². The number of amides is 1. The van der Waals surface area contributed by atoms with Crippen molar-refractivity contribution in [2.45, 2.75) is 32.2 Å². The Hall–Kier alpha value is -1.55. The molecule has 1 aliphatic heterocycles. The van der Waals surface area contributed by atoms with E-state index in [4.69, 9.17) is 0 Å². The summed E-state index contributed by atoms with van der Waals surface area (Å²) >= 11 is 0. The van der Waals surface area contributed by atoms with Crippen LogP contribution in [0.3, 0.4) is 0 Å². The van der Waals surface area contributed by atoms with Crippen LogP contribution in [-0.2, 0) is 0 Å². The number of aryl methyl sites for hydroxylation is 1. The Morgan fingerprint density at radius 3 is 3.06 bits per heavy atom. The highest BCUT2D eigenvalue weighted by molar-refractivity contribution is 5.96. The van der Waals surface area contributed by atoms with Crippen molar-refractivity contribution in [2.24, 2.45) is 0 Å². The third-order valence-corrected chi connectivity index (χ3v) is 3.34. The molecule has 18 heavy (non-hydrogen) atoms. The molecule has 3 N–H and O–H groups in total. The molecule has 0 aromatic heterocycles. The molecule has 1 aromatic rings. The summed E-state index contributed by atoms with van der Waals surface area (Å²) < 4.78 is 0. The van der Waals surface area contributed by atoms with Gasteiger partial charge in [-0.25, -0.2) is 0 Å². The molecule has 0 spiro atoms. The number of hydrogen-bond donors (Lipinski definition) is 3. The van der Waals surface area contributed by atoms with Crippen molar-refractivity contribution in [3.05, 3.63) is 29.3 Å². The van der Waals surface area contributed by atoms with E-state index in [-0.39, 0.29) is 11.7 Å². The van der Waals surface area contributed by atoms with Crippen LogP contribution < -0.4 is 10.6 Å². The van der Waals surface area contributed by atoms with E-state index in [9.17, 15) is 9.90 Å². The van der Waals surface area contributed by atoms with Crippen LogP contribution in [0.4, 0.5) is 0 Å². The maximum atomic E-state index is 11.9. The fourth-order valence-electron chi connectivity index (χ4n) is 2.29. The second-order valence-electron chi connectivity index (χ2n) is 4.86. The number of nitrogens with one attached hydrogen (secondary N) is 2. The first-order valence-corrected chi connectivity index (χ1v) is 6.48. The lowest BCUT2D eigenvalue weighted by Gasteiger charge is -2.11. The number of aromatic hydroxyl groups is 1. The average Bonchev–Trinajstić information content (AvgIpc) is 2.81. The summed E-state index contributed by atoms with van der Waals surface area (Å²) in [5.41, 5.74) is 1.29. The van der Waals surface area contributed by atoms with Gasteiger partial charge in [0.25, 0.3) is 5.91 Å². The van der Waals surface area contributed by atoms with Gasteiger partial charge in [0, 0.05) is 12.6 Å². The number of carbonyl (C=O) groups excluding carboxylic acids is 1. The van der Waals surface area contributed by atoms with Crippen molar-refractivity contribution >= 4 is 5.91 Å². The summed E-state index contributed by atoms with van der Waals surface area (Å²) in [4.78, 5) is 11.9. The molecule has 1 fully saturated rings. The predicted octanol–water partition coefficient (Wildman–Crippen LogP) is 1.57. The van der Waals surface area contributed by atoms with E-state index >= 15 is 0 Å². The van der Waals surface area contributed by atoms with Crippen LogP contribution in [0.25, 0.3) is 0 Å². The predicted molar refractivity (Wildman–Crippen MR) is 70.8 cm³/mol. The molecule has 98 valence electrons. The first-order chi connectivity index (χ1) is 8.66. The monoisotopic (exact) mass is 248 g/mol. The third-order valence-electron chi connectivity index (χ3n) is 3.34. The van der Waals surface area contributed by atoms with Gasteiger partial charge in [-0.1, -0.05) is 6.07 Å². The lowest BCUT2D eigenvalue weighted by molar-refractivity contribution is 0.0949. The lowest BCUT2D eigenvalue weighted by Crippen LogP contribution is -2.30. The number of phenols is 1. The van der Waals surface area contributed by atoms with Gasteiger partial charge in [-0.15, -0.1) is 0 Å². The van der Waals surface area contributed by atoms with Crippen molar-refractivity contribution in [2.75, 3.05) is 13.1 Å². The number of hydrogen-bond acceptors (Lipinski definition) is 3. The molecule has 0 radical (unpaired) electrons. The van der Waals surface area contributed by atoms with Crippen LogP contribution in [0.2, 0.25) is 0 Å². The van der Waals surface area contributed by atoms with Crippen LogP contribution >= 0.6 is 0 Å². The molecule has 0 unspecified atom stereocenters. The Bertz CT molecular complexity index is 426. The molecular weight excluding hydrogens is 228 g/mol. The van der Waals surface area contributed by atoms with Gasteiger partial charge in [0.1, 0.15) is 5.75 Å². The normalized spacial score (nSPS) is 18.8. The molecule has 0 saturated carbocycles. The van der Waals surface area contributed by atoms with Crippen molar-refractivity contribution in [3.8, 4) is 5.75 Å². The Labute approximate surface area is 107 Å². The van der Waals surface area contributed by atoms with E-state index in [1.54, 1.807) is 12.1 Å². The first kappa shape index (κ1) is 12.9. The van der Waals surface area contributed by atoms with E-state index < -0.39 is 0 Å². The fraction of sp³-hybridized carbons (Fsp3) is 0.500. The highest BCUT2D eigenvalue weighted by atomic mass is 16.3. The Morgan fingerprint density at radius 2 is 2.39 bits per heavy atom. The van der Waals surface area contributed by atoms with Crippen LogP contribution in [0.5, 0.6) is 5.75 Å². The number of benzene rings is 1. The zero-order valence-corrected chi connectivity index (χ0v) is 10.7. The van der Waals surface area contributed by atoms with E-state index in [1.807, 2.05) is 13.0 Å². The van der Waals surface area contributed by atoms with Gasteiger partial charge in [-0.05, 0) is 50.4 Å². The van der Waals surface area contributed by atoms with Crippen molar-refractivity contribution in [3.63, 3.8) is 0 Å². The van der Waals surface area contributed by atoms with Gasteiger partial charge >= 0.3 is 0 Å². The summed E-state index contributed by atoms with van der Waals surface area (Å²) in [5, 5.41) is 15.9. The Kier molecular flexibility index (Phi) is 4.20. The molecule has 1 saturated heterocycles. The van der Waals surface area contributed by atoms with Crippen molar-refractivity contribution < 1.29 is 9.90 Å². The van der Waals surface area contributed by atoms with Crippen LogP contribution in [0.15, 0.2) is 18.2 Å². The summed E-state index contributed by atoms with van der Waals surface area (Å²) in [5.74, 6) is -0.156. The second-order valence-corrected chi connectivity index (χ2v) is 4.86. The van der Waals surface area contributed by atoms with Gasteiger partial charge in [-0.3, -0.25) is 4.79 Å². The minimum atomic E-state index is -0.203. The van der Waals surface area contributed by atoms with Crippen molar-refractivity contribution in [1.82, 2.24) is 10.6 Å². The summed E-state index contributed by atoms with van der Waals surface area (Å²) in [6, 6.07) is 5.62. The molecule has 2 rings (SSSR count). The molecule has 0 bridgehead atoms. The lowest BCUT2D eigenvalue weighted by atomic mass is 10.1. The number of rotatable bonds is 4. The third kappa shape index (κ3) is 3.23. The summed E-state index contributed by atoms with van der Waals surface area (Å²) in [7, 11) is 0. The van der Waals surface area contributed by atoms with Crippen LogP contribution in [0.1, 0.15) is 35.2 Å². The van der Waals surface area contributed by atoms with E-state index in [0.29, 0.717) is 18.2 Å². The highest BCUT2D eigenvalue weighted by Crippen LogP contribution is 2.18. The summed E-state index contributed by atoms with van der Waals surface area (Å²) in [6.07, 6.45) is 3.35.